The smallest absolute Gasteiger partial charge is 0.234 e. The molecule has 0 unspecified atom stereocenters. The van der Waals surface area contributed by atoms with Crippen LogP contribution in [0.2, 0.25) is 0 Å². The van der Waals surface area contributed by atoms with E-state index in [4.69, 9.17) is 4.99 Å². The van der Waals surface area contributed by atoms with E-state index in [1.165, 1.54) is 47.8 Å². The molecule has 2 fully saturated rings. The maximum Gasteiger partial charge on any atom is 0.234 e. The Balaban J connectivity index is 1.29. The van der Waals surface area contributed by atoms with E-state index in [9.17, 15) is 4.79 Å². The van der Waals surface area contributed by atoms with E-state index in [0.717, 1.165) is 42.5 Å². The molecule has 1 saturated carbocycles. The third-order valence-electron chi connectivity index (χ3n) is 6.43. The van der Waals surface area contributed by atoms with Crippen LogP contribution in [0.25, 0.3) is 10.9 Å². The number of aryl methyl sites for hydroxylation is 1. The van der Waals surface area contributed by atoms with Crippen molar-refractivity contribution in [1.29, 1.82) is 0 Å². The Morgan fingerprint density at radius 3 is 2.97 bits per heavy atom. The predicted octanol–water partition coefficient (Wildman–Crippen LogP) is 3.51. The van der Waals surface area contributed by atoms with Gasteiger partial charge in [-0.1, -0.05) is 12.8 Å². The second-order valence-electron chi connectivity index (χ2n) is 8.90. The zero-order chi connectivity index (χ0) is 20.5. The van der Waals surface area contributed by atoms with Crippen molar-refractivity contribution in [3.05, 3.63) is 29.5 Å². The van der Waals surface area contributed by atoms with Gasteiger partial charge in [-0.3, -0.25) is 14.7 Å². The fourth-order valence-corrected chi connectivity index (χ4v) is 5.92. The third kappa shape index (κ3) is 4.37. The molecule has 2 aromatic rings. The minimum atomic E-state index is 0.140. The average molecular weight is 426 g/mol. The molecule has 3 aliphatic rings. The summed E-state index contributed by atoms with van der Waals surface area (Å²) in [6.45, 7) is 5.34. The van der Waals surface area contributed by atoms with Gasteiger partial charge in [0.15, 0.2) is 0 Å². The van der Waals surface area contributed by atoms with E-state index >= 15 is 0 Å². The van der Waals surface area contributed by atoms with Crippen molar-refractivity contribution >= 4 is 39.3 Å². The summed E-state index contributed by atoms with van der Waals surface area (Å²) >= 11 is 1.85. The zero-order valence-corrected chi connectivity index (χ0v) is 18.5. The summed E-state index contributed by atoms with van der Waals surface area (Å²) in [6.07, 6.45) is 6.22. The number of aromatic amines is 1. The Bertz CT molecular complexity index is 962. The molecule has 1 atom stereocenters. The topological polar surface area (TPSA) is 72.5 Å². The lowest BCUT2D eigenvalue weighted by Gasteiger charge is -2.26. The number of nitrogens with zero attached hydrogens (tertiary/aromatic N) is 2. The molecule has 1 aromatic carbocycles. The molecule has 2 aliphatic heterocycles. The molecule has 6 nitrogen and oxygen atoms in total. The molecule has 30 heavy (non-hydrogen) atoms. The van der Waals surface area contributed by atoms with E-state index in [2.05, 4.69) is 45.6 Å². The van der Waals surface area contributed by atoms with Crippen LogP contribution in [0, 0.1) is 6.92 Å². The summed E-state index contributed by atoms with van der Waals surface area (Å²) in [5.41, 5.74) is 4.85. The molecular formula is C23H31N5OS. The van der Waals surface area contributed by atoms with Crippen LogP contribution in [0.3, 0.4) is 0 Å². The van der Waals surface area contributed by atoms with Gasteiger partial charge in [-0.25, -0.2) is 0 Å². The lowest BCUT2D eigenvalue weighted by Crippen LogP contribution is -2.48. The molecule has 1 saturated heterocycles. The quantitative estimate of drug-likeness (QED) is 0.662. The molecule has 1 aromatic heterocycles. The predicted molar refractivity (Wildman–Crippen MR) is 126 cm³/mol. The summed E-state index contributed by atoms with van der Waals surface area (Å²) < 4.78 is 0. The number of aliphatic imine (C=N–C) groups is 1. The minimum absolute atomic E-state index is 0.140. The first-order valence-electron chi connectivity index (χ1n) is 11.2. The summed E-state index contributed by atoms with van der Waals surface area (Å²) in [6, 6.07) is 7.71. The van der Waals surface area contributed by atoms with Crippen molar-refractivity contribution in [3.63, 3.8) is 0 Å². The Morgan fingerprint density at radius 1 is 1.27 bits per heavy atom. The Labute approximate surface area is 182 Å². The monoisotopic (exact) mass is 425 g/mol. The molecule has 7 heteroatoms. The van der Waals surface area contributed by atoms with Crippen LogP contribution in [-0.2, 0) is 4.79 Å². The number of hydrogen-bond donors (Lipinski definition) is 3. The number of piperazine rings is 1. The van der Waals surface area contributed by atoms with Crippen LogP contribution >= 0.6 is 11.8 Å². The molecule has 5 rings (SSSR count). The summed E-state index contributed by atoms with van der Waals surface area (Å²) in [4.78, 5) is 22.5. The SMILES string of the molecule is Cc1cc(NC2CCCC2)c2[nH]c(C3=N[C@H](CCN4CCNC(=O)C4)CS3)cc2c1. The number of anilines is 1. The first-order chi connectivity index (χ1) is 14.6. The van der Waals surface area contributed by atoms with Gasteiger partial charge in [0.1, 0.15) is 5.04 Å². The van der Waals surface area contributed by atoms with Gasteiger partial charge >= 0.3 is 0 Å². The van der Waals surface area contributed by atoms with Gasteiger partial charge in [0, 0.05) is 36.8 Å². The first kappa shape index (κ1) is 19.9. The van der Waals surface area contributed by atoms with E-state index in [-0.39, 0.29) is 5.91 Å². The van der Waals surface area contributed by atoms with Crippen LogP contribution in [0.1, 0.15) is 43.4 Å². The second kappa shape index (κ2) is 8.63. The van der Waals surface area contributed by atoms with Gasteiger partial charge in [0.2, 0.25) is 5.91 Å². The van der Waals surface area contributed by atoms with Crippen molar-refractivity contribution in [2.75, 3.05) is 37.2 Å². The zero-order valence-electron chi connectivity index (χ0n) is 17.7. The van der Waals surface area contributed by atoms with Crippen LogP contribution in [-0.4, -0.2) is 64.9 Å². The van der Waals surface area contributed by atoms with Crippen molar-refractivity contribution in [2.24, 2.45) is 4.99 Å². The molecule has 160 valence electrons. The number of H-pyrrole nitrogens is 1. The molecule has 0 spiro atoms. The number of thioether (sulfide) groups is 1. The van der Waals surface area contributed by atoms with Gasteiger partial charge in [-0.2, -0.15) is 0 Å². The molecule has 0 radical (unpaired) electrons. The number of carbonyl (C=O) groups is 1. The summed E-state index contributed by atoms with van der Waals surface area (Å²) in [5, 5.41) is 9.06. The van der Waals surface area contributed by atoms with Crippen molar-refractivity contribution < 1.29 is 4.79 Å². The summed E-state index contributed by atoms with van der Waals surface area (Å²) in [5.74, 6) is 1.17. The lowest BCUT2D eigenvalue weighted by molar-refractivity contribution is -0.124. The first-order valence-corrected chi connectivity index (χ1v) is 12.2. The highest BCUT2D eigenvalue weighted by molar-refractivity contribution is 8.14. The number of amides is 1. The number of carbonyl (C=O) groups excluding carboxylic acids is 1. The largest absolute Gasteiger partial charge is 0.381 e. The van der Waals surface area contributed by atoms with Gasteiger partial charge < -0.3 is 15.6 Å². The van der Waals surface area contributed by atoms with Gasteiger partial charge in [0.05, 0.1) is 29.5 Å². The fraction of sp³-hybridized carbons (Fsp3) is 0.565. The lowest BCUT2D eigenvalue weighted by atomic mass is 10.1. The number of rotatable bonds is 6. The number of nitrogens with one attached hydrogen (secondary N) is 3. The van der Waals surface area contributed by atoms with E-state index in [1.807, 2.05) is 11.8 Å². The molecule has 3 heterocycles. The maximum absolute atomic E-state index is 11.6. The highest BCUT2D eigenvalue weighted by Gasteiger charge is 2.24. The molecule has 3 N–H and O–H groups in total. The van der Waals surface area contributed by atoms with Crippen molar-refractivity contribution in [3.8, 4) is 0 Å². The van der Waals surface area contributed by atoms with Crippen LogP contribution in [0.5, 0.6) is 0 Å². The number of benzene rings is 1. The Morgan fingerprint density at radius 2 is 2.13 bits per heavy atom. The highest BCUT2D eigenvalue weighted by Crippen LogP contribution is 2.32. The Kier molecular flexibility index (Phi) is 5.74. The number of hydrogen-bond acceptors (Lipinski definition) is 5. The van der Waals surface area contributed by atoms with Gasteiger partial charge in [0.25, 0.3) is 0 Å². The molecule has 0 bridgehead atoms. The average Bonchev–Trinajstić information content (AvgIpc) is 3.47. The van der Waals surface area contributed by atoms with E-state index < -0.39 is 0 Å². The molecule has 1 aliphatic carbocycles. The third-order valence-corrected chi connectivity index (χ3v) is 7.58. The van der Waals surface area contributed by atoms with Gasteiger partial charge in [-0.15, -0.1) is 11.8 Å². The fourth-order valence-electron chi connectivity index (χ4n) is 4.84. The second-order valence-corrected chi connectivity index (χ2v) is 9.91. The van der Waals surface area contributed by atoms with E-state index in [1.54, 1.807) is 0 Å². The summed E-state index contributed by atoms with van der Waals surface area (Å²) in [7, 11) is 0. The highest BCUT2D eigenvalue weighted by atomic mass is 32.2. The molecular weight excluding hydrogens is 394 g/mol. The maximum atomic E-state index is 11.6. The minimum Gasteiger partial charge on any atom is -0.381 e. The molecule has 1 amide bonds. The van der Waals surface area contributed by atoms with Crippen LogP contribution in [0.15, 0.2) is 23.2 Å². The number of aromatic nitrogens is 1. The van der Waals surface area contributed by atoms with Crippen molar-refractivity contribution in [1.82, 2.24) is 15.2 Å². The van der Waals surface area contributed by atoms with Gasteiger partial charge in [-0.05, 0) is 49.9 Å². The van der Waals surface area contributed by atoms with Crippen LogP contribution in [0.4, 0.5) is 5.69 Å². The normalized spacial score (nSPS) is 23.2. The number of fused-ring (bicyclic) bond motifs is 1. The standard InChI is InChI=1S/C23H31N5OS/c1-15-10-16-12-20(27-22(16)19(11-15)25-17-4-2-3-5-17)23-26-18(14-30-23)6-8-28-9-7-24-21(29)13-28/h10-12,17-18,25,27H,2-9,13-14H2,1H3,(H,24,29)/t18-/m1/s1. The van der Waals surface area contributed by atoms with E-state index in [0.29, 0.717) is 18.6 Å². The Hall–Kier alpha value is -1.99. The van der Waals surface area contributed by atoms with Crippen LogP contribution < -0.4 is 10.6 Å². The van der Waals surface area contributed by atoms with Crippen molar-refractivity contribution in [2.45, 2.75) is 51.1 Å².